The minimum absolute atomic E-state index is 0.156. The first-order valence-corrected chi connectivity index (χ1v) is 12.4. The second kappa shape index (κ2) is 13.5. The van der Waals surface area contributed by atoms with E-state index in [1.54, 1.807) is 30.5 Å². The fraction of sp³-hybridized carbons (Fsp3) is 0.292. The molecule has 1 heterocycles. The number of aromatic nitrogens is 2. The Kier molecular flexibility index (Phi) is 10.7. The van der Waals surface area contributed by atoms with E-state index in [4.69, 9.17) is 14.6 Å². The van der Waals surface area contributed by atoms with Crippen LogP contribution in [0.4, 0.5) is 16.0 Å². The number of hydrogen-bond donors (Lipinski definition) is 3. The van der Waals surface area contributed by atoms with Crippen molar-refractivity contribution in [2.24, 2.45) is 0 Å². The molecule has 0 fully saturated rings. The maximum atomic E-state index is 14.0. The second-order valence-electron chi connectivity index (χ2n) is 7.84. The van der Waals surface area contributed by atoms with Crippen molar-refractivity contribution in [1.82, 2.24) is 19.6 Å². The van der Waals surface area contributed by atoms with Gasteiger partial charge in [0, 0.05) is 30.9 Å². The summed E-state index contributed by atoms with van der Waals surface area (Å²) in [5, 5.41) is 10.4. The molecule has 3 rings (SSSR count). The van der Waals surface area contributed by atoms with E-state index >= 15 is 0 Å². The molecule has 0 aliphatic heterocycles. The number of aliphatic carboxylic acids is 1. The standard InChI is InChI=1S/C22H26FN5O3S.C2H4O2/c1-28(2)14-4-12-25-32(29,30)18-8-6-17(7-9-18)26-22-24-13-11-20(27-22)16-5-10-21(31-3)19(23)15-16;1-2(3)4/h5-11,13,15,25H,4,12,14H2,1-3H3,(H,24,26,27);1H3,(H,3,4). The van der Waals surface area contributed by atoms with Gasteiger partial charge in [-0.05, 0) is 75.6 Å². The molecule has 1 aromatic heterocycles. The number of ether oxygens (including phenoxy) is 1. The highest BCUT2D eigenvalue weighted by atomic mass is 32.2. The molecule has 0 aliphatic carbocycles. The predicted molar refractivity (Wildman–Crippen MR) is 135 cm³/mol. The summed E-state index contributed by atoms with van der Waals surface area (Å²) in [5.41, 5.74) is 1.73. The van der Waals surface area contributed by atoms with Gasteiger partial charge in [0.15, 0.2) is 11.6 Å². The van der Waals surface area contributed by atoms with E-state index in [-0.39, 0.29) is 10.6 Å². The van der Waals surface area contributed by atoms with Crippen LogP contribution in [0.2, 0.25) is 0 Å². The third-order valence-corrected chi connectivity index (χ3v) is 6.08. The number of benzene rings is 2. The van der Waals surface area contributed by atoms with Crippen LogP contribution in [-0.2, 0) is 14.8 Å². The van der Waals surface area contributed by atoms with Gasteiger partial charge < -0.3 is 20.1 Å². The summed E-state index contributed by atoms with van der Waals surface area (Å²) in [7, 11) is 1.71. The zero-order valence-electron chi connectivity index (χ0n) is 20.5. The lowest BCUT2D eigenvalue weighted by Gasteiger charge is -2.11. The Morgan fingerprint density at radius 3 is 2.39 bits per heavy atom. The number of methoxy groups -OCH3 is 1. The molecule has 2 aromatic carbocycles. The number of sulfonamides is 1. The number of halogens is 1. The van der Waals surface area contributed by atoms with Crippen LogP contribution < -0.4 is 14.8 Å². The van der Waals surface area contributed by atoms with Crippen LogP contribution in [0.1, 0.15) is 13.3 Å². The van der Waals surface area contributed by atoms with Crippen molar-refractivity contribution in [1.29, 1.82) is 0 Å². The van der Waals surface area contributed by atoms with Crippen molar-refractivity contribution in [2.45, 2.75) is 18.2 Å². The van der Waals surface area contributed by atoms with Gasteiger partial charge >= 0.3 is 0 Å². The molecule has 0 aliphatic rings. The monoisotopic (exact) mass is 519 g/mol. The van der Waals surface area contributed by atoms with Gasteiger partial charge in [-0.2, -0.15) is 0 Å². The maximum absolute atomic E-state index is 14.0. The van der Waals surface area contributed by atoms with Crippen LogP contribution in [0.3, 0.4) is 0 Å². The normalized spacial score (nSPS) is 10.9. The predicted octanol–water partition coefficient (Wildman–Crippen LogP) is 3.36. The largest absolute Gasteiger partial charge is 0.494 e. The van der Waals surface area contributed by atoms with E-state index in [0.29, 0.717) is 29.4 Å². The Balaban J connectivity index is 0.00000106. The molecule has 0 spiro atoms. The molecule has 36 heavy (non-hydrogen) atoms. The van der Waals surface area contributed by atoms with Crippen LogP contribution in [0.5, 0.6) is 5.75 Å². The number of nitrogens with one attached hydrogen (secondary N) is 2. The average Bonchev–Trinajstić information content (AvgIpc) is 2.82. The van der Waals surface area contributed by atoms with E-state index in [1.807, 2.05) is 19.0 Å². The molecule has 0 atom stereocenters. The molecule has 3 aromatic rings. The average molecular weight is 520 g/mol. The summed E-state index contributed by atoms with van der Waals surface area (Å²) in [6.07, 6.45) is 2.28. The van der Waals surface area contributed by atoms with Gasteiger partial charge in [-0.1, -0.05) is 0 Å². The first kappa shape index (κ1) is 28.6. The van der Waals surface area contributed by atoms with Crippen LogP contribution in [-0.4, -0.2) is 68.7 Å². The van der Waals surface area contributed by atoms with Gasteiger partial charge in [-0.3, -0.25) is 4.79 Å². The van der Waals surface area contributed by atoms with Crippen molar-refractivity contribution in [3.8, 4) is 17.0 Å². The number of carbonyl (C=O) groups is 1. The first-order valence-electron chi connectivity index (χ1n) is 10.9. The molecule has 0 radical (unpaired) electrons. The van der Waals surface area contributed by atoms with Crippen LogP contribution in [0, 0.1) is 5.82 Å². The highest BCUT2D eigenvalue weighted by Gasteiger charge is 2.13. The lowest BCUT2D eigenvalue weighted by molar-refractivity contribution is -0.134. The Morgan fingerprint density at radius 2 is 1.81 bits per heavy atom. The number of anilines is 2. The lowest BCUT2D eigenvalue weighted by Crippen LogP contribution is -2.27. The molecule has 0 amide bonds. The van der Waals surface area contributed by atoms with Gasteiger partial charge in [0.1, 0.15) is 0 Å². The summed E-state index contributed by atoms with van der Waals surface area (Å²) in [4.78, 5) is 19.8. The van der Waals surface area contributed by atoms with E-state index in [0.717, 1.165) is 19.9 Å². The molecular formula is C24H30FN5O5S. The van der Waals surface area contributed by atoms with E-state index < -0.39 is 21.8 Å². The summed E-state index contributed by atoms with van der Waals surface area (Å²) < 4.78 is 46.4. The van der Waals surface area contributed by atoms with Crippen molar-refractivity contribution < 1.29 is 27.4 Å². The topological polar surface area (TPSA) is 134 Å². The van der Waals surface area contributed by atoms with Gasteiger partial charge in [-0.25, -0.2) is 27.5 Å². The Labute approximate surface area is 210 Å². The fourth-order valence-corrected chi connectivity index (χ4v) is 4.01. The van der Waals surface area contributed by atoms with Crippen molar-refractivity contribution in [3.05, 3.63) is 60.5 Å². The summed E-state index contributed by atoms with van der Waals surface area (Å²) in [6.45, 7) is 2.25. The molecular weight excluding hydrogens is 489 g/mol. The van der Waals surface area contributed by atoms with Gasteiger partial charge in [0.2, 0.25) is 16.0 Å². The molecule has 194 valence electrons. The third-order valence-electron chi connectivity index (χ3n) is 4.60. The van der Waals surface area contributed by atoms with Crippen molar-refractivity contribution in [2.75, 3.05) is 39.6 Å². The van der Waals surface area contributed by atoms with Crippen LogP contribution >= 0.6 is 0 Å². The molecule has 10 nitrogen and oxygen atoms in total. The number of carboxylic acid groups (broad SMARTS) is 1. The van der Waals surface area contributed by atoms with E-state index in [2.05, 4.69) is 20.0 Å². The smallest absolute Gasteiger partial charge is 0.300 e. The van der Waals surface area contributed by atoms with Crippen LogP contribution in [0.15, 0.2) is 59.6 Å². The van der Waals surface area contributed by atoms with Gasteiger partial charge in [-0.15, -0.1) is 0 Å². The number of hydrogen-bond acceptors (Lipinski definition) is 8. The number of nitrogens with zero attached hydrogens (tertiary/aromatic N) is 3. The van der Waals surface area contributed by atoms with Gasteiger partial charge in [0.05, 0.1) is 17.7 Å². The maximum Gasteiger partial charge on any atom is 0.300 e. The quantitative estimate of drug-likeness (QED) is 0.345. The molecule has 12 heteroatoms. The highest BCUT2D eigenvalue weighted by Crippen LogP contribution is 2.25. The van der Waals surface area contributed by atoms with E-state index in [1.165, 1.54) is 31.4 Å². The SMILES string of the molecule is CC(=O)O.COc1ccc(-c2ccnc(Nc3ccc(S(=O)(=O)NCCCN(C)C)cc3)n2)cc1F. The second-order valence-corrected chi connectivity index (χ2v) is 9.60. The zero-order valence-corrected chi connectivity index (χ0v) is 21.3. The van der Waals surface area contributed by atoms with Crippen LogP contribution in [0.25, 0.3) is 11.3 Å². The molecule has 0 bridgehead atoms. The molecule has 0 saturated heterocycles. The minimum Gasteiger partial charge on any atom is -0.494 e. The van der Waals surface area contributed by atoms with Crippen molar-refractivity contribution in [3.63, 3.8) is 0 Å². The minimum atomic E-state index is -3.57. The fourth-order valence-electron chi connectivity index (χ4n) is 2.94. The Hall–Kier alpha value is -3.61. The highest BCUT2D eigenvalue weighted by molar-refractivity contribution is 7.89. The molecule has 0 saturated carbocycles. The number of rotatable bonds is 10. The Morgan fingerprint density at radius 1 is 1.14 bits per heavy atom. The van der Waals surface area contributed by atoms with E-state index in [9.17, 15) is 12.8 Å². The zero-order chi connectivity index (χ0) is 26.7. The summed E-state index contributed by atoms with van der Waals surface area (Å²) in [5.74, 6) is -0.857. The summed E-state index contributed by atoms with van der Waals surface area (Å²) in [6, 6.07) is 12.6. The number of carboxylic acids is 1. The summed E-state index contributed by atoms with van der Waals surface area (Å²) >= 11 is 0. The van der Waals surface area contributed by atoms with Crippen molar-refractivity contribution >= 4 is 27.6 Å². The third kappa shape index (κ3) is 9.21. The molecule has 3 N–H and O–H groups in total. The first-order chi connectivity index (χ1) is 17.0. The lowest BCUT2D eigenvalue weighted by atomic mass is 10.1. The van der Waals surface area contributed by atoms with Gasteiger partial charge in [0.25, 0.3) is 5.97 Å². The molecule has 0 unspecified atom stereocenters. The Bertz CT molecular complexity index is 1250.